The summed E-state index contributed by atoms with van der Waals surface area (Å²) in [5.74, 6) is 0. The number of aliphatic hydroxyl groups is 1. The van der Waals surface area contributed by atoms with Crippen molar-refractivity contribution in [1.29, 1.82) is 0 Å². The third kappa shape index (κ3) is 4.43. The monoisotopic (exact) mass is 132 g/mol. The van der Waals surface area contributed by atoms with E-state index in [2.05, 4.69) is 6.92 Å². The van der Waals surface area contributed by atoms with Gasteiger partial charge in [-0.3, -0.25) is 0 Å². The zero-order valence-electron chi connectivity index (χ0n) is 6.26. The molecule has 0 aliphatic carbocycles. The first kappa shape index (κ1) is 8.92. The van der Waals surface area contributed by atoms with Gasteiger partial charge >= 0.3 is 0 Å². The lowest BCUT2D eigenvalue weighted by Gasteiger charge is -2.12. The van der Waals surface area contributed by atoms with Gasteiger partial charge in [0, 0.05) is 13.2 Å². The van der Waals surface area contributed by atoms with Gasteiger partial charge in [-0.1, -0.05) is 6.92 Å². The normalized spacial score (nSPS) is 13.7. The predicted molar refractivity (Wildman–Crippen MR) is 37.4 cm³/mol. The highest BCUT2D eigenvalue weighted by molar-refractivity contribution is 4.52. The van der Waals surface area contributed by atoms with Crippen LogP contribution in [0.1, 0.15) is 26.7 Å². The van der Waals surface area contributed by atoms with Gasteiger partial charge in [-0.15, -0.1) is 0 Å². The van der Waals surface area contributed by atoms with E-state index < -0.39 is 0 Å². The maximum atomic E-state index is 8.51. The van der Waals surface area contributed by atoms with Crippen LogP contribution in [0.4, 0.5) is 0 Å². The Morgan fingerprint density at radius 1 is 1.44 bits per heavy atom. The van der Waals surface area contributed by atoms with E-state index in [1.54, 1.807) is 0 Å². The highest BCUT2D eigenvalue weighted by atomic mass is 16.5. The summed E-state index contributed by atoms with van der Waals surface area (Å²) in [6.07, 6.45) is 2.03. The fraction of sp³-hybridized carbons (Fsp3) is 1.00. The van der Waals surface area contributed by atoms with Gasteiger partial charge < -0.3 is 9.84 Å². The summed E-state index contributed by atoms with van der Waals surface area (Å²) in [5.41, 5.74) is 0. The largest absolute Gasteiger partial charge is 0.396 e. The number of aliphatic hydroxyl groups excluding tert-OH is 1. The fourth-order valence-electron chi connectivity index (χ4n) is 0.785. The average molecular weight is 132 g/mol. The maximum Gasteiger partial charge on any atom is 0.0594 e. The summed E-state index contributed by atoms with van der Waals surface area (Å²) < 4.78 is 5.27. The molecular weight excluding hydrogens is 116 g/mol. The van der Waals surface area contributed by atoms with Gasteiger partial charge in [0.25, 0.3) is 0 Å². The van der Waals surface area contributed by atoms with Crippen molar-refractivity contribution in [2.45, 2.75) is 32.8 Å². The Balaban J connectivity index is 3.18. The molecule has 56 valence electrons. The molecule has 0 aromatic heterocycles. The highest BCUT2D eigenvalue weighted by Crippen LogP contribution is 2.01. The van der Waals surface area contributed by atoms with Crippen LogP contribution in [0.5, 0.6) is 0 Å². The Morgan fingerprint density at radius 2 is 2.11 bits per heavy atom. The first-order chi connectivity index (χ1) is 4.35. The van der Waals surface area contributed by atoms with Gasteiger partial charge in [0.2, 0.25) is 0 Å². The molecule has 9 heavy (non-hydrogen) atoms. The van der Waals surface area contributed by atoms with Crippen LogP contribution in [0.3, 0.4) is 0 Å². The van der Waals surface area contributed by atoms with Crippen molar-refractivity contribution >= 4 is 0 Å². The topological polar surface area (TPSA) is 29.5 Å². The van der Waals surface area contributed by atoms with Crippen LogP contribution >= 0.6 is 0 Å². The van der Waals surface area contributed by atoms with Crippen molar-refractivity contribution in [3.05, 3.63) is 0 Å². The van der Waals surface area contributed by atoms with Crippen LogP contribution in [0.15, 0.2) is 0 Å². The minimum absolute atomic E-state index is 0.235. The summed E-state index contributed by atoms with van der Waals surface area (Å²) in [5, 5.41) is 8.51. The summed E-state index contributed by atoms with van der Waals surface area (Å²) in [4.78, 5) is 0. The SMILES string of the molecule is CCOC(CC)CCO. The summed E-state index contributed by atoms with van der Waals surface area (Å²) in [7, 11) is 0. The van der Waals surface area contributed by atoms with E-state index in [0.717, 1.165) is 19.4 Å². The molecule has 1 atom stereocenters. The summed E-state index contributed by atoms with van der Waals surface area (Å²) >= 11 is 0. The smallest absolute Gasteiger partial charge is 0.0594 e. The van der Waals surface area contributed by atoms with Crippen LogP contribution in [-0.2, 0) is 4.74 Å². The molecule has 0 heterocycles. The molecule has 1 N–H and O–H groups in total. The van der Waals surface area contributed by atoms with E-state index in [-0.39, 0.29) is 12.7 Å². The first-order valence-electron chi connectivity index (χ1n) is 3.57. The molecule has 1 unspecified atom stereocenters. The van der Waals surface area contributed by atoms with E-state index >= 15 is 0 Å². The first-order valence-corrected chi connectivity index (χ1v) is 3.57. The lowest BCUT2D eigenvalue weighted by molar-refractivity contribution is 0.0417. The van der Waals surface area contributed by atoms with Crippen molar-refractivity contribution in [1.82, 2.24) is 0 Å². The highest BCUT2D eigenvalue weighted by Gasteiger charge is 2.02. The van der Waals surface area contributed by atoms with Gasteiger partial charge in [-0.25, -0.2) is 0 Å². The Bertz CT molecular complexity index is 48.9. The van der Waals surface area contributed by atoms with Gasteiger partial charge in [-0.2, -0.15) is 0 Å². The van der Waals surface area contributed by atoms with Crippen LogP contribution in [0.2, 0.25) is 0 Å². The predicted octanol–water partition coefficient (Wildman–Crippen LogP) is 1.18. The zero-order valence-corrected chi connectivity index (χ0v) is 6.26. The summed E-state index contributed by atoms with van der Waals surface area (Å²) in [6, 6.07) is 0. The third-order valence-electron chi connectivity index (χ3n) is 1.31. The minimum Gasteiger partial charge on any atom is -0.396 e. The molecule has 0 saturated heterocycles. The number of rotatable bonds is 5. The van der Waals surface area contributed by atoms with E-state index in [1.165, 1.54) is 0 Å². The quantitative estimate of drug-likeness (QED) is 0.608. The number of ether oxygens (including phenoxy) is 1. The number of hydrogen-bond donors (Lipinski definition) is 1. The summed E-state index contributed by atoms with van der Waals surface area (Å²) in [6.45, 7) is 5.02. The molecule has 0 amide bonds. The van der Waals surface area contributed by atoms with E-state index in [9.17, 15) is 0 Å². The van der Waals surface area contributed by atoms with Gasteiger partial charge in [0.1, 0.15) is 0 Å². The maximum absolute atomic E-state index is 8.51. The van der Waals surface area contributed by atoms with Crippen molar-refractivity contribution in [3.8, 4) is 0 Å². The van der Waals surface area contributed by atoms with Crippen molar-refractivity contribution in [2.24, 2.45) is 0 Å². The standard InChI is InChI=1S/C7H16O2/c1-3-7(5-6-8)9-4-2/h7-8H,3-6H2,1-2H3. The molecule has 0 aliphatic rings. The van der Waals surface area contributed by atoms with Crippen molar-refractivity contribution in [3.63, 3.8) is 0 Å². The van der Waals surface area contributed by atoms with Gasteiger partial charge in [0.05, 0.1) is 6.10 Å². The Labute approximate surface area is 56.8 Å². The lowest BCUT2D eigenvalue weighted by Crippen LogP contribution is -2.12. The lowest BCUT2D eigenvalue weighted by atomic mass is 10.2. The molecule has 0 fully saturated rings. The second-order valence-corrected chi connectivity index (χ2v) is 2.00. The van der Waals surface area contributed by atoms with Crippen LogP contribution in [0.25, 0.3) is 0 Å². The number of hydrogen-bond acceptors (Lipinski definition) is 2. The molecular formula is C7H16O2. The fourth-order valence-corrected chi connectivity index (χ4v) is 0.785. The van der Waals surface area contributed by atoms with E-state index in [0.29, 0.717) is 0 Å². The second-order valence-electron chi connectivity index (χ2n) is 2.00. The van der Waals surface area contributed by atoms with Crippen molar-refractivity contribution < 1.29 is 9.84 Å². The average Bonchev–Trinajstić information content (AvgIpc) is 1.88. The van der Waals surface area contributed by atoms with Gasteiger partial charge in [0.15, 0.2) is 0 Å². The second kappa shape index (κ2) is 6.05. The Morgan fingerprint density at radius 3 is 2.44 bits per heavy atom. The van der Waals surface area contributed by atoms with Crippen LogP contribution in [-0.4, -0.2) is 24.4 Å². The molecule has 2 nitrogen and oxygen atoms in total. The van der Waals surface area contributed by atoms with E-state index in [4.69, 9.17) is 9.84 Å². The molecule has 0 aliphatic heterocycles. The van der Waals surface area contributed by atoms with Gasteiger partial charge in [-0.05, 0) is 19.8 Å². The molecule has 2 heteroatoms. The van der Waals surface area contributed by atoms with Crippen LogP contribution < -0.4 is 0 Å². The molecule has 0 rings (SSSR count). The molecule has 0 aromatic carbocycles. The molecule has 0 aromatic rings. The molecule has 0 bridgehead atoms. The van der Waals surface area contributed by atoms with Crippen molar-refractivity contribution in [2.75, 3.05) is 13.2 Å². The Hall–Kier alpha value is -0.0800. The van der Waals surface area contributed by atoms with E-state index in [1.807, 2.05) is 6.92 Å². The minimum atomic E-state index is 0.235. The van der Waals surface area contributed by atoms with Crippen LogP contribution in [0, 0.1) is 0 Å². The molecule has 0 spiro atoms. The Kier molecular flexibility index (Phi) is 5.99. The molecule has 0 radical (unpaired) electrons. The zero-order chi connectivity index (χ0) is 7.11. The molecule has 0 saturated carbocycles. The third-order valence-corrected chi connectivity index (χ3v) is 1.31.